The summed E-state index contributed by atoms with van der Waals surface area (Å²) in [4.78, 5) is 13.5. The summed E-state index contributed by atoms with van der Waals surface area (Å²) in [6, 6.07) is 5.09. The van der Waals surface area contributed by atoms with Crippen LogP contribution in [0.15, 0.2) is 18.2 Å². The minimum absolute atomic E-state index is 0.0312. The first-order chi connectivity index (χ1) is 9.35. The predicted octanol–water partition coefficient (Wildman–Crippen LogP) is 1.79. The normalized spacial score (nSPS) is 12.3. The third kappa shape index (κ3) is 4.42. The van der Waals surface area contributed by atoms with Gasteiger partial charge in [0.05, 0.1) is 18.0 Å². The summed E-state index contributed by atoms with van der Waals surface area (Å²) in [6.07, 6.45) is 0.835. The van der Waals surface area contributed by atoms with Gasteiger partial charge >= 0.3 is 0 Å². The number of anilines is 2. The van der Waals surface area contributed by atoms with Crippen LogP contribution < -0.4 is 11.1 Å². The van der Waals surface area contributed by atoms with Crippen molar-refractivity contribution in [2.45, 2.75) is 26.3 Å². The molecule has 112 valence electrons. The molecule has 0 heterocycles. The van der Waals surface area contributed by atoms with Crippen LogP contribution in [0.4, 0.5) is 11.4 Å². The van der Waals surface area contributed by atoms with Crippen molar-refractivity contribution in [1.29, 1.82) is 0 Å². The molecule has 5 heteroatoms. The lowest BCUT2D eigenvalue weighted by molar-refractivity contribution is 0.0827. The average molecular weight is 279 g/mol. The van der Waals surface area contributed by atoms with Gasteiger partial charge in [0.2, 0.25) is 0 Å². The van der Waals surface area contributed by atoms with Gasteiger partial charge in [-0.2, -0.15) is 0 Å². The van der Waals surface area contributed by atoms with E-state index in [1.807, 2.05) is 0 Å². The van der Waals surface area contributed by atoms with E-state index < -0.39 is 0 Å². The number of amides is 1. The van der Waals surface area contributed by atoms with Crippen LogP contribution in [-0.2, 0) is 0 Å². The van der Waals surface area contributed by atoms with Crippen molar-refractivity contribution in [3.05, 3.63) is 23.8 Å². The van der Waals surface area contributed by atoms with Crippen LogP contribution in [0.5, 0.6) is 0 Å². The van der Waals surface area contributed by atoms with E-state index in [2.05, 4.69) is 19.2 Å². The van der Waals surface area contributed by atoms with E-state index in [0.717, 1.165) is 6.42 Å². The fourth-order valence-electron chi connectivity index (χ4n) is 2.04. The Hall–Kier alpha value is -1.75. The van der Waals surface area contributed by atoms with E-state index in [1.165, 1.54) is 4.90 Å². The number of aliphatic hydroxyl groups excluding tert-OH is 1. The second kappa shape index (κ2) is 7.14. The van der Waals surface area contributed by atoms with Gasteiger partial charge in [-0.25, -0.2) is 0 Å². The fourth-order valence-corrected chi connectivity index (χ4v) is 2.04. The molecular weight excluding hydrogens is 254 g/mol. The molecule has 0 saturated carbocycles. The molecule has 0 aromatic heterocycles. The number of carbonyl (C=O) groups excluding carboxylic acids is 1. The molecule has 0 spiro atoms. The van der Waals surface area contributed by atoms with Gasteiger partial charge in [-0.1, -0.05) is 13.8 Å². The molecule has 0 aliphatic rings. The zero-order valence-corrected chi connectivity index (χ0v) is 12.7. The van der Waals surface area contributed by atoms with Crippen molar-refractivity contribution in [1.82, 2.24) is 4.90 Å². The highest BCUT2D eigenvalue weighted by molar-refractivity contribution is 5.95. The summed E-state index contributed by atoms with van der Waals surface area (Å²) < 4.78 is 0. The lowest BCUT2D eigenvalue weighted by Crippen LogP contribution is -2.26. The van der Waals surface area contributed by atoms with E-state index >= 15 is 0 Å². The fraction of sp³-hybridized carbons (Fsp3) is 0.533. The molecule has 0 aliphatic carbocycles. The molecule has 1 aromatic rings. The highest BCUT2D eigenvalue weighted by Crippen LogP contribution is 2.23. The quantitative estimate of drug-likeness (QED) is 0.694. The van der Waals surface area contributed by atoms with Crippen molar-refractivity contribution < 1.29 is 9.90 Å². The smallest absolute Gasteiger partial charge is 0.253 e. The molecule has 1 aromatic carbocycles. The largest absolute Gasteiger partial charge is 0.397 e. The second-order valence-electron chi connectivity index (χ2n) is 5.65. The van der Waals surface area contributed by atoms with Crippen molar-refractivity contribution in [2.24, 2.45) is 5.92 Å². The van der Waals surface area contributed by atoms with Crippen LogP contribution in [0.2, 0.25) is 0 Å². The lowest BCUT2D eigenvalue weighted by atomic mass is 10.0. The summed E-state index contributed by atoms with van der Waals surface area (Å²) in [5.41, 5.74) is 7.77. The number of aliphatic hydroxyl groups is 1. The number of nitrogens with two attached hydrogens (primary N) is 1. The third-order valence-electron chi connectivity index (χ3n) is 3.04. The number of nitrogens with zero attached hydrogens (tertiary/aromatic N) is 1. The van der Waals surface area contributed by atoms with Gasteiger partial charge in [0.15, 0.2) is 0 Å². The van der Waals surface area contributed by atoms with Gasteiger partial charge in [0.1, 0.15) is 0 Å². The number of nitrogen functional groups attached to an aromatic ring is 1. The van der Waals surface area contributed by atoms with E-state index in [0.29, 0.717) is 22.9 Å². The number of benzene rings is 1. The zero-order chi connectivity index (χ0) is 15.3. The van der Waals surface area contributed by atoms with Crippen molar-refractivity contribution in [3.8, 4) is 0 Å². The molecule has 1 atom stereocenters. The van der Waals surface area contributed by atoms with Crippen LogP contribution in [0.1, 0.15) is 30.6 Å². The minimum Gasteiger partial charge on any atom is -0.397 e. The summed E-state index contributed by atoms with van der Waals surface area (Å²) >= 11 is 0. The molecule has 5 nitrogen and oxygen atoms in total. The first kappa shape index (κ1) is 16.3. The molecule has 0 aliphatic heterocycles. The average Bonchev–Trinajstić information content (AvgIpc) is 2.38. The maximum atomic E-state index is 11.9. The monoisotopic (exact) mass is 279 g/mol. The van der Waals surface area contributed by atoms with Crippen molar-refractivity contribution >= 4 is 17.3 Å². The molecular formula is C15H25N3O2. The zero-order valence-electron chi connectivity index (χ0n) is 12.7. The Balaban J connectivity index is 2.93. The Morgan fingerprint density at radius 3 is 2.55 bits per heavy atom. The number of carbonyl (C=O) groups is 1. The van der Waals surface area contributed by atoms with E-state index in [-0.39, 0.29) is 18.6 Å². The Bertz CT molecular complexity index is 458. The van der Waals surface area contributed by atoms with Gasteiger partial charge in [-0.3, -0.25) is 4.79 Å². The Morgan fingerprint density at radius 1 is 1.40 bits per heavy atom. The van der Waals surface area contributed by atoms with Crippen LogP contribution >= 0.6 is 0 Å². The number of rotatable bonds is 6. The number of nitrogens with one attached hydrogen (secondary N) is 1. The van der Waals surface area contributed by atoms with Gasteiger partial charge < -0.3 is 21.1 Å². The Morgan fingerprint density at radius 2 is 2.05 bits per heavy atom. The minimum atomic E-state index is -0.0718. The standard InChI is InChI=1S/C15H25N3O2/c1-10(2)7-12(9-19)17-14-8-11(5-6-13(14)16)15(20)18(3)4/h5-6,8,10,12,17,19H,7,9,16H2,1-4H3. The molecule has 4 N–H and O–H groups in total. The van der Waals surface area contributed by atoms with E-state index in [4.69, 9.17) is 5.73 Å². The van der Waals surface area contributed by atoms with E-state index in [9.17, 15) is 9.90 Å². The summed E-state index contributed by atoms with van der Waals surface area (Å²) in [6.45, 7) is 4.23. The van der Waals surface area contributed by atoms with Gasteiger partial charge in [-0.15, -0.1) is 0 Å². The molecule has 20 heavy (non-hydrogen) atoms. The summed E-state index contributed by atoms with van der Waals surface area (Å²) in [5.74, 6) is 0.393. The van der Waals surface area contributed by atoms with Crippen molar-refractivity contribution in [3.63, 3.8) is 0 Å². The first-order valence-corrected chi connectivity index (χ1v) is 6.83. The van der Waals surface area contributed by atoms with Gasteiger partial charge in [0.25, 0.3) is 5.91 Å². The molecule has 1 unspecified atom stereocenters. The molecule has 0 fully saturated rings. The Labute approximate surface area is 120 Å². The summed E-state index contributed by atoms with van der Waals surface area (Å²) in [7, 11) is 3.42. The molecule has 0 saturated heterocycles. The summed E-state index contributed by atoms with van der Waals surface area (Å²) in [5, 5.41) is 12.6. The van der Waals surface area contributed by atoms with Crippen LogP contribution in [-0.4, -0.2) is 42.7 Å². The lowest BCUT2D eigenvalue weighted by Gasteiger charge is -2.21. The molecule has 1 rings (SSSR count). The van der Waals surface area contributed by atoms with Gasteiger partial charge in [-0.05, 0) is 30.5 Å². The highest BCUT2D eigenvalue weighted by atomic mass is 16.3. The van der Waals surface area contributed by atoms with Crippen LogP contribution in [0, 0.1) is 5.92 Å². The van der Waals surface area contributed by atoms with Crippen LogP contribution in [0.3, 0.4) is 0 Å². The second-order valence-corrected chi connectivity index (χ2v) is 5.65. The van der Waals surface area contributed by atoms with Crippen LogP contribution in [0.25, 0.3) is 0 Å². The van der Waals surface area contributed by atoms with Crippen molar-refractivity contribution in [2.75, 3.05) is 31.8 Å². The predicted molar refractivity (Wildman–Crippen MR) is 82.8 cm³/mol. The highest BCUT2D eigenvalue weighted by Gasteiger charge is 2.14. The maximum absolute atomic E-state index is 11.9. The SMILES string of the molecule is CC(C)CC(CO)Nc1cc(C(=O)N(C)C)ccc1N. The molecule has 1 amide bonds. The molecule has 0 bridgehead atoms. The number of hydrogen-bond acceptors (Lipinski definition) is 4. The molecule has 0 radical (unpaired) electrons. The Kier molecular flexibility index (Phi) is 5.82. The van der Waals surface area contributed by atoms with Gasteiger partial charge in [0, 0.05) is 25.7 Å². The first-order valence-electron chi connectivity index (χ1n) is 6.83. The number of hydrogen-bond donors (Lipinski definition) is 3. The van der Waals surface area contributed by atoms with E-state index in [1.54, 1.807) is 32.3 Å². The topological polar surface area (TPSA) is 78.6 Å². The maximum Gasteiger partial charge on any atom is 0.253 e. The third-order valence-corrected chi connectivity index (χ3v) is 3.04.